The Morgan fingerprint density at radius 2 is 1.80 bits per heavy atom. The summed E-state index contributed by atoms with van der Waals surface area (Å²) in [4.78, 5) is 0. The Labute approximate surface area is 134 Å². The summed E-state index contributed by atoms with van der Waals surface area (Å²) in [5, 5.41) is 0. The zero-order valence-corrected chi connectivity index (χ0v) is 13.8. The molecule has 2 aromatic carbocycles. The van der Waals surface area contributed by atoms with Gasteiger partial charge in [-0.1, -0.05) is 24.3 Å². The molecule has 0 bridgehead atoms. The average Bonchev–Trinajstić information content (AvgIpc) is 2.47. The normalized spacial score (nSPS) is 13.2. The number of hydrogen-bond acceptors (Lipinski definition) is 2. The topological polar surface area (TPSA) is 18.5 Å². The van der Waals surface area contributed by atoms with Crippen LogP contribution in [0.4, 0.5) is 0 Å². The molecular formula is C16H12Br2O2. The van der Waals surface area contributed by atoms with E-state index in [9.17, 15) is 0 Å². The van der Waals surface area contributed by atoms with E-state index in [1.54, 1.807) is 0 Å². The van der Waals surface area contributed by atoms with Gasteiger partial charge < -0.3 is 9.47 Å². The van der Waals surface area contributed by atoms with Crippen molar-refractivity contribution in [3.63, 3.8) is 0 Å². The summed E-state index contributed by atoms with van der Waals surface area (Å²) in [6, 6.07) is 13.9. The van der Waals surface area contributed by atoms with Crippen molar-refractivity contribution in [2.24, 2.45) is 0 Å². The molecule has 102 valence electrons. The molecule has 0 saturated heterocycles. The molecule has 0 radical (unpaired) electrons. The van der Waals surface area contributed by atoms with Crippen LogP contribution in [-0.4, -0.2) is 13.2 Å². The van der Waals surface area contributed by atoms with Gasteiger partial charge in [-0.3, -0.25) is 0 Å². The minimum absolute atomic E-state index is 0.523. The fourth-order valence-corrected chi connectivity index (χ4v) is 2.98. The first-order chi connectivity index (χ1) is 9.75. The molecule has 0 unspecified atom stereocenters. The lowest BCUT2D eigenvalue weighted by molar-refractivity contribution is 0.340. The molecule has 0 atom stereocenters. The predicted molar refractivity (Wildman–Crippen MR) is 87.3 cm³/mol. The molecule has 0 amide bonds. The molecule has 2 nitrogen and oxygen atoms in total. The number of halogens is 2. The molecule has 0 N–H and O–H groups in total. The van der Waals surface area contributed by atoms with Crippen molar-refractivity contribution in [2.45, 2.75) is 0 Å². The van der Waals surface area contributed by atoms with Crippen LogP contribution in [0.3, 0.4) is 0 Å². The number of ether oxygens (including phenoxy) is 2. The third-order valence-corrected chi connectivity index (χ3v) is 4.37. The Morgan fingerprint density at radius 1 is 1.00 bits per heavy atom. The van der Waals surface area contributed by atoms with Crippen molar-refractivity contribution in [3.05, 3.63) is 63.0 Å². The second-order valence-electron chi connectivity index (χ2n) is 4.38. The summed E-state index contributed by atoms with van der Waals surface area (Å²) in [5.74, 6) is 1.73. The van der Waals surface area contributed by atoms with E-state index in [4.69, 9.17) is 9.47 Å². The van der Waals surface area contributed by atoms with Crippen molar-refractivity contribution >= 4 is 37.4 Å². The predicted octanol–water partition coefficient (Wildman–Crippen LogP) is 5.07. The second kappa shape index (κ2) is 6.02. The van der Waals surface area contributed by atoms with Crippen LogP contribution in [0.1, 0.15) is 5.56 Å². The molecule has 0 spiro atoms. The van der Waals surface area contributed by atoms with E-state index in [-0.39, 0.29) is 0 Å². The summed E-state index contributed by atoms with van der Waals surface area (Å²) in [6.45, 7) is 1.10. The van der Waals surface area contributed by atoms with Gasteiger partial charge in [0.2, 0.25) is 0 Å². The largest absolute Gasteiger partial charge is 0.488 e. The van der Waals surface area contributed by atoms with Gasteiger partial charge in [0.1, 0.15) is 24.7 Å². The first-order valence-electron chi connectivity index (χ1n) is 6.24. The molecule has 1 aliphatic rings. The lowest BCUT2D eigenvalue weighted by Crippen LogP contribution is -2.10. The molecular weight excluding hydrogens is 384 g/mol. The Hall–Kier alpha value is -1.26. The van der Waals surface area contributed by atoms with Gasteiger partial charge in [-0.05, 0) is 61.7 Å². The van der Waals surface area contributed by atoms with Crippen molar-refractivity contribution in [1.29, 1.82) is 0 Å². The fraction of sp³-hybridized carbons (Fsp3) is 0.125. The Bertz CT molecular complexity index is 665. The van der Waals surface area contributed by atoms with Crippen LogP contribution in [0.5, 0.6) is 11.5 Å². The van der Waals surface area contributed by atoms with Gasteiger partial charge >= 0.3 is 0 Å². The van der Waals surface area contributed by atoms with Gasteiger partial charge in [-0.25, -0.2) is 0 Å². The van der Waals surface area contributed by atoms with Crippen molar-refractivity contribution < 1.29 is 9.47 Å². The van der Waals surface area contributed by atoms with Crippen LogP contribution in [-0.2, 0) is 0 Å². The highest BCUT2D eigenvalue weighted by Gasteiger charge is 2.16. The highest BCUT2D eigenvalue weighted by molar-refractivity contribution is 9.10. The average molecular weight is 396 g/mol. The molecule has 1 heterocycles. The van der Waals surface area contributed by atoms with Crippen molar-refractivity contribution in [2.75, 3.05) is 13.2 Å². The maximum absolute atomic E-state index is 5.89. The second-order valence-corrected chi connectivity index (χ2v) is 6.08. The number of rotatable bonds is 3. The van der Waals surface area contributed by atoms with E-state index in [0.717, 1.165) is 31.6 Å². The van der Waals surface area contributed by atoms with E-state index in [2.05, 4.69) is 44.0 Å². The fourth-order valence-electron chi connectivity index (χ4n) is 2.10. The van der Waals surface area contributed by atoms with Gasteiger partial charge in [0.05, 0.1) is 8.95 Å². The van der Waals surface area contributed by atoms with Gasteiger partial charge in [0.15, 0.2) is 0 Å². The molecule has 0 saturated carbocycles. The third-order valence-electron chi connectivity index (χ3n) is 3.09. The molecule has 0 aromatic heterocycles. The van der Waals surface area contributed by atoms with Crippen LogP contribution in [0.2, 0.25) is 0 Å². The lowest BCUT2D eigenvalue weighted by atomic mass is 10.0. The molecule has 0 fully saturated rings. The van der Waals surface area contributed by atoms with Gasteiger partial charge in [0, 0.05) is 5.56 Å². The Balaban J connectivity index is 1.81. The minimum atomic E-state index is 0.523. The summed E-state index contributed by atoms with van der Waals surface area (Å²) in [5.41, 5.74) is 2.22. The van der Waals surface area contributed by atoms with Gasteiger partial charge in [-0.2, -0.15) is 0 Å². The van der Waals surface area contributed by atoms with Crippen molar-refractivity contribution in [3.8, 4) is 11.5 Å². The summed E-state index contributed by atoms with van der Waals surface area (Å²) in [6.07, 6.45) is 2.06. The van der Waals surface area contributed by atoms with E-state index < -0.39 is 0 Å². The Morgan fingerprint density at radius 3 is 2.65 bits per heavy atom. The maximum atomic E-state index is 5.89. The standard InChI is InChI=1S/C16H12Br2O2/c17-13-5-1-2-7-15(13)20-10-11-8-9-19-16-12(11)4-3-6-14(16)18/h1-8H,9-10H2. The number of hydrogen-bond donors (Lipinski definition) is 0. The molecule has 3 rings (SSSR count). The highest BCUT2D eigenvalue weighted by atomic mass is 79.9. The van der Waals surface area contributed by atoms with Crippen LogP contribution in [0.25, 0.3) is 5.57 Å². The lowest BCUT2D eigenvalue weighted by Gasteiger charge is -2.20. The van der Waals surface area contributed by atoms with Crippen LogP contribution < -0.4 is 9.47 Å². The van der Waals surface area contributed by atoms with Crippen molar-refractivity contribution in [1.82, 2.24) is 0 Å². The van der Waals surface area contributed by atoms with Crippen LogP contribution >= 0.6 is 31.9 Å². The summed E-state index contributed by atoms with van der Waals surface area (Å²) in [7, 11) is 0. The third kappa shape index (κ3) is 2.76. The smallest absolute Gasteiger partial charge is 0.141 e. The SMILES string of the molecule is Brc1ccccc1OCC1=CCOc2c(Br)cccc21. The molecule has 20 heavy (non-hydrogen) atoms. The maximum Gasteiger partial charge on any atom is 0.141 e. The van der Waals surface area contributed by atoms with Crippen LogP contribution in [0.15, 0.2) is 57.5 Å². The summed E-state index contributed by atoms with van der Waals surface area (Å²) < 4.78 is 13.5. The van der Waals surface area contributed by atoms with Gasteiger partial charge in [0.25, 0.3) is 0 Å². The van der Waals surface area contributed by atoms with E-state index in [0.29, 0.717) is 13.2 Å². The monoisotopic (exact) mass is 394 g/mol. The van der Waals surface area contributed by atoms with E-state index in [1.165, 1.54) is 0 Å². The molecule has 4 heteroatoms. The highest BCUT2D eigenvalue weighted by Crippen LogP contribution is 2.36. The molecule has 1 aliphatic heterocycles. The first kappa shape index (κ1) is 13.7. The number of para-hydroxylation sites is 2. The minimum Gasteiger partial charge on any atom is -0.488 e. The zero-order valence-electron chi connectivity index (χ0n) is 10.6. The number of benzene rings is 2. The van der Waals surface area contributed by atoms with E-state index in [1.807, 2.05) is 36.4 Å². The molecule has 2 aromatic rings. The molecule has 0 aliphatic carbocycles. The van der Waals surface area contributed by atoms with Crippen LogP contribution in [0, 0.1) is 0 Å². The zero-order chi connectivity index (χ0) is 13.9. The first-order valence-corrected chi connectivity index (χ1v) is 7.82. The van der Waals surface area contributed by atoms with Gasteiger partial charge in [-0.15, -0.1) is 0 Å². The number of fused-ring (bicyclic) bond motifs is 1. The quantitative estimate of drug-likeness (QED) is 0.722. The summed E-state index contributed by atoms with van der Waals surface area (Å²) >= 11 is 7.00. The Kier molecular flexibility index (Phi) is 4.13. The van der Waals surface area contributed by atoms with E-state index >= 15 is 0 Å².